The van der Waals surface area contributed by atoms with Gasteiger partial charge in [-0.15, -0.1) is 0 Å². The maximum Gasteiger partial charge on any atom is 0.179 e. The zero-order valence-electron chi connectivity index (χ0n) is 29.0. The smallest absolute Gasteiger partial charge is 0.179 e. The molecular weight excluding hydrogens is 676 g/mol. The van der Waals surface area contributed by atoms with Gasteiger partial charge in [0.2, 0.25) is 0 Å². The van der Waals surface area contributed by atoms with E-state index < -0.39 is 7.14 Å². The molecule has 0 spiro atoms. The van der Waals surface area contributed by atoms with E-state index >= 15 is 4.57 Å². The van der Waals surface area contributed by atoms with Crippen molar-refractivity contribution in [2.45, 2.75) is 0 Å². The van der Waals surface area contributed by atoms with Gasteiger partial charge >= 0.3 is 0 Å². The first-order valence-electron chi connectivity index (χ1n) is 18.5. The lowest BCUT2D eigenvalue weighted by atomic mass is 9.92. The molecule has 54 heavy (non-hydrogen) atoms. The maximum absolute atomic E-state index is 17.4. The van der Waals surface area contributed by atoms with Crippen molar-refractivity contribution in [3.63, 3.8) is 0 Å². The molecule has 2 heterocycles. The number of anilines is 6. The zero-order valence-corrected chi connectivity index (χ0v) is 29.9. The number of rotatable bonds is 2. The molecule has 2 aliphatic rings. The van der Waals surface area contributed by atoms with Crippen molar-refractivity contribution in [1.82, 2.24) is 0 Å². The van der Waals surface area contributed by atoms with E-state index in [-0.39, 0.29) is 0 Å². The van der Waals surface area contributed by atoms with Crippen LogP contribution in [0.1, 0.15) is 0 Å². The van der Waals surface area contributed by atoms with Crippen LogP contribution in [0.25, 0.3) is 64.6 Å². The van der Waals surface area contributed by atoms with Crippen LogP contribution >= 0.6 is 7.14 Å². The van der Waals surface area contributed by atoms with Crippen LogP contribution in [-0.4, -0.2) is 0 Å². The molecule has 0 saturated carbocycles. The number of hydrogen-bond donors (Lipinski definition) is 0. The van der Waals surface area contributed by atoms with Crippen molar-refractivity contribution in [3.8, 4) is 0 Å². The van der Waals surface area contributed by atoms with Crippen LogP contribution in [0.5, 0.6) is 0 Å². The van der Waals surface area contributed by atoms with E-state index in [9.17, 15) is 0 Å². The molecule has 0 fully saturated rings. The van der Waals surface area contributed by atoms with Crippen molar-refractivity contribution in [3.05, 3.63) is 176 Å². The number of fused-ring (bicyclic) bond motifs is 6. The Bertz CT molecular complexity index is 3180. The van der Waals surface area contributed by atoms with E-state index in [2.05, 4.69) is 186 Å². The second-order valence-corrected chi connectivity index (χ2v) is 17.4. The first-order valence-corrected chi connectivity index (χ1v) is 20.3. The average Bonchev–Trinajstić information content (AvgIpc) is 3.23. The van der Waals surface area contributed by atoms with Crippen LogP contribution in [-0.2, 0) is 4.57 Å². The summed E-state index contributed by atoms with van der Waals surface area (Å²) in [5, 5.41) is 16.9. The minimum absolute atomic E-state index is 0.887. The Morgan fingerprint density at radius 2 is 0.741 bits per heavy atom. The highest BCUT2D eigenvalue weighted by atomic mass is 31.2. The fourth-order valence-corrected chi connectivity index (χ4v) is 13.4. The minimum Gasteiger partial charge on any atom is -0.308 e. The molecule has 4 heteroatoms. The van der Waals surface area contributed by atoms with Gasteiger partial charge in [0.15, 0.2) is 7.14 Å². The summed E-state index contributed by atoms with van der Waals surface area (Å²) < 4.78 is 17.4. The lowest BCUT2D eigenvalue weighted by Gasteiger charge is -2.45. The lowest BCUT2D eigenvalue weighted by Crippen LogP contribution is -2.43. The molecule has 0 aromatic heterocycles. The zero-order chi connectivity index (χ0) is 35.3. The molecule has 250 valence electrons. The second kappa shape index (κ2) is 10.0. The molecule has 0 radical (unpaired) electrons. The first kappa shape index (κ1) is 28.9. The minimum atomic E-state index is -3.55. The summed E-state index contributed by atoms with van der Waals surface area (Å²) in [5.74, 6) is 0. The van der Waals surface area contributed by atoms with Gasteiger partial charge in [-0.25, -0.2) is 0 Å². The van der Waals surface area contributed by atoms with Crippen molar-refractivity contribution in [2.24, 2.45) is 0 Å². The van der Waals surface area contributed by atoms with Crippen LogP contribution in [0.4, 0.5) is 34.1 Å². The summed E-state index contributed by atoms with van der Waals surface area (Å²) in [5.41, 5.74) is 6.01. The molecule has 11 aromatic rings. The van der Waals surface area contributed by atoms with Gasteiger partial charge in [-0.1, -0.05) is 127 Å². The monoisotopic (exact) mass is 704 g/mol. The number of benzene rings is 11. The van der Waals surface area contributed by atoms with E-state index in [1.54, 1.807) is 0 Å². The Morgan fingerprint density at radius 3 is 1.19 bits per heavy atom. The first-order chi connectivity index (χ1) is 26.7. The van der Waals surface area contributed by atoms with Crippen molar-refractivity contribution in [1.29, 1.82) is 0 Å². The molecule has 0 aliphatic carbocycles. The fourth-order valence-electron chi connectivity index (χ4n) is 10.0. The molecule has 3 nitrogen and oxygen atoms in total. The Labute approximate surface area is 311 Å². The van der Waals surface area contributed by atoms with Gasteiger partial charge in [0, 0.05) is 32.8 Å². The van der Waals surface area contributed by atoms with E-state index in [4.69, 9.17) is 0 Å². The summed E-state index contributed by atoms with van der Waals surface area (Å²) in [7, 11) is -3.55. The molecule has 0 bridgehead atoms. The van der Waals surface area contributed by atoms with Gasteiger partial charge in [0.25, 0.3) is 0 Å². The Morgan fingerprint density at radius 1 is 0.352 bits per heavy atom. The van der Waals surface area contributed by atoms with E-state index in [0.29, 0.717) is 0 Å². The van der Waals surface area contributed by atoms with Crippen LogP contribution in [0.2, 0.25) is 0 Å². The van der Waals surface area contributed by atoms with Crippen LogP contribution in [0, 0.1) is 0 Å². The molecule has 0 unspecified atom stereocenters. The predicted octanol–water partition coefficient (Wildman–Crippen LogP) is 12.7. The molecule has 11 aromatic carbocycles. The largest absolute Gasteiger partial charge is 0.308 e. The summed E-state index contributed by atoms with van der Waals surface area (Å²) in [6.45, 7) is 0. The number of hydrogen-bond acceptors (Lipinski definition) is 3. The van der Waals surface area contributed by atoms with Crippen LogP contribution in [0.3, 0.4) is 0 Å². The van der Waals surface area contributed by atoms with E-state index in [1.165, 1.54) is 43.1 Å². The SMILES string of the molecule is O=P12c3cc4ccc5cccc6ccc(c3N(c3ccccc3)c3cccc(c31)N(c1ccccc1)c1c2cc2ccc3cccc7ccc1c2c37)c4c56. The summed E-state index contributed by atoms with van der Waals surface area (Å²) >= 11 is 0. The lowest BCUT2D eigenvalue weighted by molar-refractivity contribution is 0.592. The van der Waals surface area contributed by atoms with Crippen molar-refractivity contribution >= 4 is 122 Å². The van der Waals surface area contributed by atoms with Crippen molar-refractivity contribution < 1.29 is 4.57 Å². The maximum atomic E-state index is 17.4. The molecule has 2 aliphatic heterocycles. The molecule has 0 saturated heterocycles. The van der Waals surface area contributed by atoms with E-state index in [1.807, 2.05) is 0 Å². The van der Waals surface area contributed by atoms with Gasteiger partial charge in [0.1, 0.15) is 0 Å². The normalized spacial score (nSPS) is 14.4. The highest BCUT2D eigenvalue weighted by Crippen LogP contribution is 2.64. The fraction of sp³-hybridized carbons (Fsp3) is 0. The average molecular weight is 705 g/mol. The molecule has 0 amide bonds. The van der Waals surface area contributed by atoms with Gasteiger partial charge in [-0.2, -0.15) is 0 Å². The summed E-state index contributed by atoms with van der Waals surface area (Å²) in [4.78, 5) is 4.77. The third-order valence-corrected chi connectivity index (χ3v) is 15.3. The Hall–Kier alpha value is -6.67. The molecule has 0 N–H and O–H groups in total. The summed E-state index contributed by atoms with van der Waals surface area (Å²) in [6.07, 6.45) is 0. The Balaban J connectivity index is 1.26. The van der Waals surface area contributed by atoms with Crippen molar-refractivity contribution in [2.75, 3.05) is 9.80 Å². The third kappa shape index (κ3) is 3.42. The third-order valence-electron chi connectivity index (χ3n) is 12.1. The topological polar surface area (TPSA) is 23.6 Å². The second-order valence-electron chi connectivity index (χ2n) is 14.8. The van der Waals surface area contributed by atoms with Gasteiger partial charge in [-0.05, 0) is 102 Å². The predicted molar refractivity (Wildman–Crippen MR) is 230 cm³/mol. The molecule has 0 atom stereocenters. The van der Waals surface area contributed by atoms with Crippen LogP contribution in [0.15, 0.2) is 176 Å². The van der Waals surface area contributed by atoms with Gasteiger partial charge < -0.3 is 14.4 Å². The molecular formula is C50H29N2OP. The van der Waals surface area contributed by atoms with Gasteiger partial charge in [-0.3, -0.25) is 0 Å². The van der Waals surface area contributed by atoms with Gasteiger partial charge in [0.05, 0.1) is 28.1 Å². The summed E-state index contributed by atoms with van der Waals surface area (Å²) in [6, 6.07) is 63.3. The standard InChI is InChI=1S/C50H29N2OP/c53-54-42-28-34-22-20-30-10-7-12-32-24-26-38(46(34)44(30)32)48(42)51(36-14-3-1-4-15-36)40-18-9-19-41(50(40)54)52(37-16-5-2-6-17-37)49-39-27-25-33-13-8-11-31-21-23-35(29-43(49)54)47(39)45(31)33/h1-29H. The Kier molecular flexibility index (Phi) is 5.37. The highest BCUT2D eigenvalue weighted by Gasteiger charge is 2.50. The quantitative estimate of drug-likeness (QED) is 0.132. The number of nitrogens with zero attached hydrogens (tertiary/aromatic N) is 2. The number of para-hydroxylation sites is 2. The highest BCUT2D eigenvalue weighted by molar-refractivity contribution is 7.86. The molecule has 13 rings (SSSR count). The van der Waals surface area contributed by atoms with Crippen LogP contribution < -0.4 is 25.7 Å². The van der Waals surface area contributed by atoms with E-state index in [0.717, 1.165) is 71.6 Å².